The number of benzene rings is 1. The van der Waals surface area contributed by atoms with E-state index in [2.05, 4.69) is 4.90 Å². The maximum Gasteiger partial charge on any atom is 0.238 e. The molecule has 104 valence electrons. The summed E-state index contributed by atoms with van der Waals surface area (Å²) in [5, 5.41) is 6.14. The Labute approximate surface area is 113 Å². The minimum Gasteiger partial charge on any atom is -0.350 e. The molecule has 2 rings (SSSR count). The first-order valence-electron chi connectivity index (χ1n) is 6.04. The molecule has 5 nitrogen and oxygen atoms in total. The van der Waals surface area contributed by atoms with Crippen LogP contribution in [-0.2, 0) is 23.5 Å². The average molecular weight is 281 g/mol. The van der Waals surface area contributed by atoms with Crippen molar-refractivity contribution >= 4 is 20.9 Å². The molecule has 19 heavy (non-hydrogen) atoms. The van der Waals surface area contributed by atoms with E-state index in [0.29, 0.717) is 0 Å². The van der Waals surface area contributed by atoms with Crippen molar-refractivity contribution in [2.24, 2.45) is 12.2 Å². The molecule has 0 unspecified atom stereocenters. The van der Waals surface area contributed by atoms with E-state index in [1.165, 1.54) is 0 Å². The van der Waals surface area contributed by atoms with Crippen LogP contribution in [0.1, 0.15) is 5.56 Å². The molecule has 0 bridgehead atoms. The summed E-state index contributed by atoms with van der Waals surface area (Å²) in [7, 11) is 2.33. The lowest BCUT2D eigenvalue weighted by Gasteiger charge is -2.08. The van der Waals surface area contributed by atoms with E-state index < -0.39 is 10.0 Å². The van der Waals surface area contributed by atoms with Crippen molar-refractivity contribution in [3.05, 3.63) is 30.0 Å². The quantitative estimate of drug-likeness (QED) is 0.906. The Hall–Kier alpha value is -1.37. The Morgan fingerprint density at radius 3 is 2.58 bits per heavy atom. The van der Waals surface area contributed by atoms with Gasteiger partial charge in [-0.1, -0.05) is 0 Å². The Balaban J connectivity index is 2.53. The number of aryl methyl sites for hydroxylation is 1. The topological polar surface area (TPSA) is 68.3 Å². The Morgan fingerprint density at radius 1 is 1.32 bits per heavy atom. The molecule has 6 heteroatoms. The van der Waals surface area contributed by atoms with E-state index in [-0.39, 0.29) is 4.90 Å². The van der Waals surface area contributed by atoms with Gasteiger partial charge in [-0.05, 0) is 44.3 Å². The van der Waals surface area contributed by atoms with Crippen molar-refractivity contribution < 1.29 is 8.42 Å². The summed E-state index contributed by atoms with van der Waals surface area (Å²) in [5.41, 5.74) is 2.15. The van der Waals surface area contributed by atoms with Gasteiger partial charge in [0.1, 0.15) is 0 Å². The third-order valence-electron chi connectivity index (χ3n) is 3.20. The number of primary sulfonamides is 1. The number of aromatic nitrogens is 1. The predicted octanol–water partition coefficient (Wildman–Crippen LogP) is 0.930. The third kappa shape index (κ3) is 2.97. The second-order valence-corrected chi connectivity index (χ2v) is 6.60. The Morgan fingerprint density at radius 2 is 2.00 bits per heavy atom. The van der Waals surface area contributed by atoms with E-state index in [4.69, 9.17) is 5.14 Å². The first-order valence-corrected chi connectivity index (χ1v) is 7.59. The molecule has 0 aliphatic heterocycles. The molecule has 0 saturated carbocycles. The highest BCUT2D eigenvalue weighted by atomic mass is 32.2. The number of sulfonamides is 1. The molecule has 1 heterocycles. The van der Waals surface area contributed by atoms with Gasteiger partial charge in [0.2, 0.25) is 10.0 Å². The van der Waals surface area contributed by atoms with Gasteiger partial charge in [0.15, 0.2) is 0 Å². The van der Waals surface area contributed by atoms with Crippen LogP contribution >= 0.6 is 0 Å². The maximum atomic E-state index is 11.4. The fraction of sp³-hybridized carbons (Fsp3) is 0.385. The first-order chi connectivity index (χ1) is 8.79. The largest absolute Gasteiger partial charge is 0.350 e. The highest BCUT2D eigenvalue weighted by Gasteiger charge is 2.12. The Kier molecular flexibility index (Phi) is 3.66. The summed E-state index contributed by atoms with van der Waals surface area (Å²) >= 11 is 0. The summed E-state index contributed by atoms with van der Waals surface area (Å²) < 4.78 is 24.9. The van der Waals surface area contributed by atoms with Crippen LogP contribution in [0.3, 0.4) is 0 Å². The first kappa shape index (κ1) is 14.0. The molecule has 2 aromatic rings. The van der Waals surface area contributed by atoms with Crippen molar-refractivity contribution in [2.75, 3.05) is 20.6 Å². The molecular weight excluding hydrogens is 262 g/mol. The standard InChI is InChI=1S/C13H19N3O2S/c1-15(2)7-6-10-9-16(3)13-5-4-11(8-12(10)13)19(14,17)18/h4-5,8-9H,6-7H2,1-3H3,(H2,14,17,18). The van der Waals surface area contributed by atoms with Gasteiger partial charge in [-0.15, -0.1) is 0 Å². The number of nitrogens with two attached hydrogens (primary N) is 1. The number of nitrogens with zero attached hydrogens (tertiary/aromatic N) is 2. The summed E-state index contributed by atoms with van der Waals surface area (Å²) in [4.78, 5) is 2.26. The number of fused-ring (bicyclic) bond motifs is 1. The molecule has 0 aliphatic rings. The van der Waals surface area contributed by atoms with Gasteiger partial charge in [-0.3, -0.25) is 0 Å². The molecule has 0 saturated heterocycles. The lowest BCUT2D eigenvalue weighted by Crippen LogP contribution is -2.15. The van der Waals surface area contributed by atoms with Crippen molar-refractivity contribution in [3.63, 3.8) is 0 Å². The predicted molar refractivity (Wildman–Crippen MR) is 76.6 cm³/mol. The highest BCUT2D eigenvalue weighted by Crippen LogP contribution is 2.24. The van der Waals surface area contributed by atoms with Crippen LogP contribution in [0.2, 0.25) is 0 Å². The summed E-state index contributed by atoms with van der Waals surface area (Å²) in [6.45, 7) is 0.915. The molecule has 0 aliphatic carbocycles. The van der Waals surface area contributed by atoms with E-state index in [0.717, 1.165) is 29.4 Å². The van der Waals surface area contributed by atoms with E-state index in [1.807, 2.05) is 31.9 Å². The van der Waals surface area contributed by atoms with E-state index in [1.54, 1.807) is 18.2 Å². The van der Waals surface area contributed by atoms with Crippen LogP contribution in [0, 0.1) is 0 Å². The molecule has 0 amide bonds. The fourth-order valence-electron chi connectivity index (χ4n) is 2.17. The van der Waals surface area contributed by atoms with Gasteiger partial charge in [0.05, 0.1) is 4.90 Å². The maximum absolute atomic E-state index is 11.4. The smallest absolute Gasteiger partial charge is 0.238 e. The van der Waals surface area contributed by atoms with Crippen LogP contribution < -0.4 is 5.14 Å². The summed E-state index contributed by atoms with van der Waals surface area (Å²) in [6, 6.07) is 5.01. The van der Waals surface area contributed by atoms with E-state index in [9.17, 15) is 8.42 Å². The second-order valence-electron chi connectivity index (χ2n) is 5.04. The van der Waals surface area contributed by atoms with Crippen molar-refractivity contribution in [2.45, 2.75) is 11.3 Å². The lowest BCUT2D eigenvalue weighted by atomic mass is 10.1. The zero-order valence-electron chi connectivity index (χ0n) is 11.4. The van der Waals surface area contributed by atoms with Crippen LogP contribution in [-0.4, -0.2) is 38.5 Å². The molecule has 0 atom stereocenters. The highest BCUT2D eigenvalue weighted by molar-refractivity contribution is 7.89. The molecule has 2 N–H and O–H groups in total. The van der Waals surface area contributed by atoms with Crippen LogP contribution in [0.4, 0.5) is 0 Å². The van der Waals surface area contributed by atoms with Crippen molar-refractivity contribution in [1.82, 2.24) is 9.47 Å². The zero-order valence-corrected chi connectivity index (χ0v) is 12.2. The van der Waals surface area contributed by atoms with Crippen LogP contribution in [0.15, 0.2) is 29.3 Å². The number of hydrogen-bond acceptors (Lipinski definition) is 3. The number of hydrogen-bond donors (Lipinski definition) is 1. The van der Waals surface area contributed by atoms with Crippen LogP contribution in [0.5, 0.6) is 0 Å². The van der Waals surface area contributed by atoms with Gasteiger partial charge in [-0.25, -0.2) is 13.6 Å². The summed E-state index contributed by atoms with van der Waals surface area (Å²) in [5.74, 6) is 0. The Bertz CT molecular complexity index is 702. The zero-order chi connectivity index (χ0) is 14.2. The van der Waals surface area contributed by atoms with Crippen molar-refractivity contribution in [3.8, 4) is 0 Å². The minimum atomic E-state index is -3.65. The number of rotatable bonds is 4. The molecule has 0 fully saturated rings. The molecule has 1 aromatic heterocycles. The van der Waals surface area contributed by atoms with Gasteiger partial charge in [0.25, 0.3) is 0 Å². The lowest BCUT2D eigenvalue weighted by molar-refractivity contribution is 0.414. The normalized spacial score (nSPS) is 12.5. The van der Waals surface area contributed by atoms with E-state index >= 15 is 0 Å². The minimum absolute atomic E-state index is 0.164. The van der Waals surface area contributed by atoms with Gasteiger partial charge in [-0.2, -0.15) is 0 Å². The van der Waals surface area contributed by atoms with Gasteiger partial charge < -0.3 is 9.47 Å². The van der Waals surface area contributed by atoms with Gasteiger partial charge >= 0.3 is 0 Å². The number of likely N-dealkylation sites (N-methyl/N-ethyl adjacent to an activating group) is 1. The molecule has 0 radical (unpaired) electrons. The average Bonchev–Trinajstić information content (AvgIpc) is 2.62. The second kappa shape index (κ2) is 4.96. The molecular formula is C13H19N3O2S. The fourth-order valence-corrected chi connectivity index (χ4v) is 2.71. The van der Waals surface area contributed by atoms with Crippen molar-refractivity contribution in [1.29, 1.82) is 0 Å². The molecule has 1 aromatic carbocycles. The molecule has 0 spiro atoms. The van der Waals surface area contributed by atoms with Gasteiger partial charge in [0, 0.05) is 30.7 Å². The summed E-state index contributed by atoms with van der Waals surface area (Å²) in [6.07, 6.45) is 2.92. The SMILES string of the molecule is CN(C)CCc1cn(C)c2ccc(S(N)(=O)=O)cc12. The monoisotopic (exact) mass is 281 g/mol. The third-order valence-corrected chi connectivity index (χ3v) is 4.11. The van der Waals surface area contributed by atoms with Crippen LogP contribution in [0.25, 0.3) is 10.9 Å².